The zero-order valence-electron chi connectivity index (χ0n) is 12.3. The Kier molecular flexibility index (Phi) is 5.41. The molecule has 1 heterocycles. The van der Waals surface area contributed by atoms with E-state index in [1.54, 1.807) is 0 Å². The summed E-state index contributed by atoms with van der Waals surface area (Å²) in [7, 11) is 0. The number of carbonyl (C=O) groups is 1. The highest BCUT2D eigenvalue weighted by molar-refractivity contribution is 5.94. The van der Waals surface area contributed by atoms with Crippen molar-refractivity contribution in [2.75, 3.05) is 19.7 Å². The van der Waals surface area contributed by atoms with Gasteiger partial charge in [-0.1, -0.05) is 19.9 Å². The van der Waals surface area contributed by atoms with E-state index in [0.29, 0.717) is 18.1 Å². The zero-order valence-corrected chi connectivity index (χ0v) is 12.3. The van der Waals surface area contributed by atoms with E-state index in [0.717, 1.165) is 31.7 Å². The Bertz CT molecular complexity index is 440. The number of benzene rings is 1. The van der Waals surface area contributed by atoms with Crippen molar-refractivity contribution in [2.24, 2.45) is 5.92 Å². The first-order valence-electron chi connectivity index (χ1n) is 7.39. The van der Waals surface area contributed by atoms with E-state index < -0.39 is 0 Å². The van der Waals surface area contributed by atoms with Crippen molar-refractivity contribution in [3.05, 3.63) is 29.8 Å². The molecule has 1 atom stereocenters. The van der Waals surface area contributed by atoms with Crippen molar-refractivity contribution < 1.29 is 9.53 Å². The maximum atomic E-state index is 12.2. The van der Waals surface area contributed by atoms with Crippen LogP contribution in [0.1, 0.15) is 37.0 Å². The molecule has 0 radical (unpaired) electrons. The van der Waals surface area contributed by atoms with E-state index in [1.165, 1.54) is 0 Å². The Morgan fingerprint density at radius 3 is 3.05 bits per heavy atom. The van der Waals surface area contributed by atoms with Crippen LogP contribution in [-0.2, 0) is 0 Å². The Labute approximate surface area is 120 Å². The number of nitrogens with one attached hydrogen (secondary N) is 2. The molecule has 1 aliphatic rings. The third kappa shape index (κ3) is 4.53. The zero-order chi connectivity index (χ0) is 14.4. The molecule has 0 saturated carbocycles. The van der Waals surface area contributed by atoms with Gasteiger partial charge in [0.25, 0.3) is 5.91 Å². The van der Waals surface area contributed by atoms with Gasteiger partial charge in [-0.2, -0.15) is 0 Å². The molecular weight excluding hydrogens is 252 g/mol. The molecule has 20 heavy (non-hydrogen) atoms. The number of hydrogen-bond donors (Lipinski definition) is 2. The maximum absolute atomic E-state index is 12.2. The fraction of sp³-hybridized carbons (Fsp3) is 0.562. The molecule has 4 heteroatoms. The van der Waals surface area contributed by atoms with Gasteiger partial charge in [0.05, 0.1) is 6.61 Å². The third-order valence-electron chi connectivity index (χ3n) is 3.31. The standard InChI is InChI=1S/C16H24N2O2/c1-12(2)11-20-15-7-3-5-13(9-15)16(19)18-14-6-4-8-17-10-14/h3,5,7,9,12,14,17H,4,6,8,10-11H2,1-2H3,(H,18,19)/t14-/m0/s1. The molecule has 0 unspecified atom stereocenters. The van der Waals surface area contributed by atoms with Gasteiger partial charge in [-0.25, -0.2) is 0 Å². The van der Waals surface area contributed by atoms with Crippen molar-refractivity contribution >= 4 is 5.91 Å². The molecule has 1 aliphatic heterocycles. The number of ether oxygens (including phenoxy) is 1. The average Bonchev–Trinajstić information content (AvgIpc) is 2.46. The SMILES string of the molecule is CC(C)COc1cccc(C(=O)N[C@H]2CCCNC2)c1. The first kappa shape index (κ1) is 14.9. The molecule has 1 amide bonds. The van der Waals surface area contributed by atoms with Crippen LogP contribution in [-0.4, -0.2) is 31.6 Å². The van der Waals surface area contributed by atoms with Gasteiger partial charge in [-0.15, -0.1) is 0 Å². The monoisotopic (exact) mass is 276 g/mol. The van der Waals surface area contributed by atoms with Crippen LogP contribution in [0.4, 0.5) is 0 Å². The summed E-state index contributed by atoms with van der Waals surface area (Å²) >= 11 is 0. The van der Waals surface area contributed by atoms with Crippen LogP contribution >= 0.6 is 0 Å². The highest BCUT2D eigenvalue weighted by Crippen LogP contribution is 2.15. The highest BCUT2D eigenvalue weighted by atomic mass is 16.5. The van der Waals surface area contributed by atoms with E-state index in [-0.39, 0.29) is 11.9 Å². The van der Waals surface area contributed by atoms with E-state index in [1.807, 2.05) is 24.3 Å². The van der Waals surface area contributed by atoms with Gasteiger partial charge < -0.3 is 15.4 Å². The van der Waals surface area contributed by atoms with Crippen LogP contribution in [0.15, 0.2) is 24.3 Å². The lowest BCUT2D eigenvalue weighted by molar-refractivity contribution is 0.0930. The normalized spacial score (nSPS) is 18.9. The second-order valence-electron chi connectivity index (χ2n) is 5.75. The molecule has 2 N–H and O–H groups in total. The lowest BCUT2D eigenvalue weighted by atomic mass is 10.1. The summed E-state index contributed by atoms with van der Waals surface area (Å²) in [6, 6.07) is 7.63. The van der Waals surface area contributed by atoms with E-state index in [2.05, 4.69) is 24.5 Å². The predicted molar refractivity (Wildman–Crippen MR) is 80.1 cm³/mol. The molecule has 1 aromatic rings. The van der Waals surface area contributed by atoms with Crippen LogP contribution in [0, 0.1) is 5.92 Å². The fourth-order valence-electron chi connectivity index (χ4n) is 2.23. The van der Waals surface area contributed by atoms with Crippen molar-refractivity contribution in [1.29, 1.82) is 0 Å². The Morgan fingerprint density at radius 2 is 2.35 bits per heavy atom. The predicted octanol–water partition coefficient (Wildman–Crippen LogP) is 2.20. The molecular formula is C16H24N2O2. The van der Waals surface area contributed by atoms with Crippen molar-refractivity contribution in [1.82, 2.24) is 10.6 Å². The van der Waals surface area contributed by atoms with Gasteiger partial charge >= 0.3 is 0 Å². The summed E-state index contributed by atoms with van der Waals surface area (Å²) in [6.07, 6.45) is 2.16. The Morgan fingerprint density at radius 1 is 1.50 bits per heavy atom. The summed E-state index contributed by atoms with van der Waals surface area (Å²) < 4.78 is 5.66. The van der Waals surface area contributed by atoms with Crippen LogP contribution in [0.5, 0.6) is 5.75 Å². The highest BCUT2D eigenvalue weighted by Gasteiger charge is 2.16. The van der Waals surface area contributed by atoms with E-state index in [4.69, 9.17) is 4.74 Å². The molecule has 0 spiro atoms. The van der Waals surface area contributed by atoms with Crippen LogP contribution in [0.25, 0.3) is 0 Å². The van der Waals surface area contributed by atoms with Gasteiger partial charge in [0.15, 0.2) is 0 Å². The third-order valence-corrected chi connectivity index (χ3v) is 3.31. The molecule has 1 saturated heterocycles. The topological polar surface area (TPSA) is 50.4 Å². The lowest BCUT2D eigenvalue weighted by Crippen LogP contribution is -2.45. The van der Waals surface area contributed by atoms with Crippen LogP contribution in [0.3, 0.4) is 0 Å². The van der Waals surface area contributed by atoms with Crippen LogP contribution in [0.2, 0.25) is 0 Å². The maximum Gasteiger partial charge on any atom is 0.251 e. The average molecular weight is 276 g/mol. The number of carbonyl (C=O) groups excluding carboxylic acids is 1. The van der Waals surface area contributed by atoms with Gasteiger partial charge in [0.1, 0.15) is 5.75 Å². The summed E-state index contributed by atoms with van der Waals surface area (Å²) in [5.41, 5.74) is 0.664. The molecule has 2 rings (SSSR count). The van der Waals surface area contributed by atoms with Crippen molar-refractivity contribution in [3.63, 3.8) is 0 Å². The minimum Gasteiger partial charge on any atom is -0.493 e. The molecule has 0 aromatic heterocycles. The lowest BCUT2D eigenvalue weighted by Gasteiger charge is -2.23. The fourth-order valence-corrected chi connectivity index (χ4v) is 2.23. The van der Waals surface area contributed by atoms with Crippen molar-refractivity contribution in [2.45, 2.75) is 32.7 Å². The second-order valence-corrected chi connectivity index (χ2v) is 5.75. The smallest absolute Gasteiger partial charge is 0.251 e. The van der Waals surface area contributed by atoms with Gasteiger partial charge in [0.2, 0.25) is 0 Å². The van der Waals surface area contributed by atoms with Gasteiger partial charge in [0, 0.05) is 18.2 Å². The van der Waals surface area contributed by atoms with Gasteiger partial charge in [-0.05, 0) is 43.5 Å². The largest absolute Gasteiger partial charge is 0.493 e. The molecule has 110 valence electrons. The molecule has 0 bridgehead atoms. The molecule has 4 nitrogen and oxygen atoms in total. The Hall–Kier alpha value is -1.55. The summed E-state index contributed by atoms with van der Waals surface area (Å²) in [6.45, 7) is 6.77. The quantitative estimate of drug-likeness (QED) is 0.867. The summed E-state index contributed by atoms with van der Waals surface area (Å²) in [4.78, 5) is 12.2. The Balaban J connectivity index is 1.93. The first-order valence-corrected chi connectivity index (χ1v) is 7.39. The minimum absolute atomic E-state index is 0.0197. The van der Waals surface area contributed by atoms with E-state index >= 15 is 0 Å². The molecule has 1 fully saturated rings. The molecule has 0 aliphatic carbocycles. The molecule has 1 aromatic carbocycles. The minimum atomic E-state index is -0.0197. The number of hydrogen-bond acceptors (Lipinski definition) is 3. The van der Waals surface area contributed by atoms with Gasteiger partial charge in [-0.3, -0.25) is 4.79 Å². The summed E-state index contributed by atoms with van der Waals surface area (Å²) in [5, 5.41) is 6.37. The van der Waals surface area contributed by atoms with E-state index in [9.17, 15) is 4.79 Å². The first-order chi connectivity index (χ1) is 9.65. The number of amides is 1. The van der Waals surface area contributed by atoms with Crippen LogP contribution < -0.4 is 15.4 Å². The number of rotatable bonds is 5. The number of piperidine rings is 1. The summed E-state index contributed by atoms with van der Waals surface area (Å²) in [5.74, 6) is 1.21. The second kappa shape index (κ2) is 7.29. The van der Waals surface area contributed by atoms with Crippen molar-refractivity contribution in [3.8, 4) is 5.75 Å².